The second-order valence-electron chi connectivity index (χ2n) is 13.0. The number of ether oxygens (including phenoxy) is 4. The number of likely N-dealkylation sites (tertiary alicyclic amines) is 1. The van der Waals surface area contributed by atoms with E-state index in [0.717, 1.165) is 46.5 Å². The molecule has 6 atom stereocenters. The van der Waals surface area contributed by atoms with Crippen LogP contribution in [0.5, 0.6) is 0 Å². The summed E-state index contributed by atoms with van der Waals surface area (Å²) in [5.41, 5.74) is 5.51. The fourth-order valence-electron chi connectivity index (χ4n) is 6.33. The van der Waals surface area contributed by atoms with Crippen LogP contribution in [0.25, 0.3) is 33.6 Å². The first-order chi connectivity index (χ1) is 26.0. The van der Waals surface area contributed by atoms with E-state index < -0.39 is 48.4 Å². The summed E-state index contributed by atoms with van der Waals surface area (Å²) >= 11 is 0. The number of alkyl carbamates (subject to hydrolysis) is 2. The summed E-state index contributed by atoms with van der Waals surface area (Å²) in [4.78, 5) is 67.8. The molecular formula is C38H48N8O8. The minimum Gasteiger partial charge on any atom is -0.453 e. The van der Waals surface area contributed by atoms with E-state index in [1.807, 2.05) is 48.5 Å². The van der Waals surface area contributed by atoms with Gasteiger partial charge in [0, 0.05) is 20.8 Å². The van der Waals surface area contributed by atoms with E-state index in [4.69, 9.17) is 14.2 Å². The third kappa shape index (κ3) is 9.06. The van der Waals surface area contributed by atoms with Crippen LogP contribution in [0.1, 0.15) is 57.3 Å². The number of H-pyrrole nitrogens is 2. The smallest absolute Gasteiger partial charge is 0.407 e. The van der Waals surface area contributed by atoms with Gasteiger partial charge in [-0.2, -0.15) is 0 Å². The van der Waals surface area contributed by atoms with Gasteiger partial charge in [-0.15, -0.1) is 0 Å². The van der Waals surface area contributed by atoms with Crippen LogP contribution >= 0.6 is 0 Å². The summed E-state index contributed by atoms with van der Waals surface area (Å²) in [5.74, 6) is 0.536. The molecule has 2 aromatic heterocycles. The maximum atomic E-state index is 13.6. The Kier molecular flexibility index (Phi) is 13.1. The fraction of sp³-hybridized carbons (Fsp3) is 0.421. The molecule has 1 aliphatic heterocycles. The minimum absolute atomic E-state index is 0.255. The maximum absolute atomic E-state index is 13.6. The predicted molar refractivity (Wildman–Crippen MR) is 199 cm³/mol. The zero-order valence-corrected chi connectivity index (χ0v) is 31.5. The lowest BCUT2D eigenvalue weighted by atomic mass is 10.0. The van der Waals surface area contributed by atoms with Crippen molar-refractivity contribution in [3.05, 3.63) is 72.6 Å². The predicted octanol–water partition coefficient (Wildman–Crippen LogP) is 4.49. The summed E-state index contributed by atoms with van der Waals surface area (Å²) in [6.45, 7) is 5.73. The molecule has 0 saturated carbocycles. The quantitative estimate of drug-likeness (QED) is 0.122. The van der Waals surface area contributed by atoms with Crippen molar-refractivity contribution in [1.29, 1.82) is 0 Å². The van der Waals surface area contributed by atoms with Crippen molar-refractivity contribution in [1.82, 2.24) is 40.8 Å². The molecule has 2 aromatic carbocycles. The van der Waals surface area contributed by atoms with Gasteiger partial charge in [0.05, 0.1) is 62.3 Å². The lowest BCUT2D eigenvalue weighted by Gasteiger charge is -2.30. The number of nitrogens with zero attached hydrogens (tertiary/aromatic N) is 3. The Bertz CT molecular complexity index is 1890. The molecule has 54 heavy (non-hydrogen) atoms. The molecule has 1 aliphatic rings. The van der Waals surface area contributed by atoms with Gasteiger partial charge in [0.25, 0.3) is 0 Å². The van der Waals surface area contributed by atoms with E-state index in [0.29, 0.717) is 18.2 Å². The molecule has 1 saturated heterocycles. The number of amides is 4. The van der Waals surface area contributed by atoms with E-state index >= 15 is 0 Å². The van der Waals surface area contributed by atoms with E-state index in [9.17, 15) is 19.2 Å². The molecule has 0 unspecified atom stereocenters. The SMILES string of the molecule is COC(=O)N[C@@H](C(=O)N[C@H](C)c1ncc(-c2ccc(-c3ccc(-c4cnc([C@@H]5CCCN5C(=O)[C@H](NC(=O)OC)[C@@H](C)OC)[nH]4)cc3)cc2)[nH]1)[C@H](C)OC. The van der Waals surface area contributed by atoms with Crippen LogP contribution in [0, 0.1) is 0 Å². The van der Waals surface area contributed by atoms with Crippen molar-refractivity contribution >= 4 is 24.0 Å². The zero-order valence-electron chi connectivity index (χ0n) is 31.5. The highest BCUT2D eigenvalue weighted by Crippen LogP contribution is 2.33. The molecule has 0 bridgehead atoms. The molecule has 16 heteroatoms. The number of imidazole rings is 2. The van der Waals surface area contributed by atoms with Crippen LogP contribution in [0.2, 0.25) is 0 Å². The van der Waals surface area contributed by atoms with Gasteiger partial charge in [0.2, 0.25) is 11.8 Å². The van der Waals surface area contributed by atoms with Crippen molar-refractivity contribution in [3.8, 4) is 33.6 Å². The average molecular weight is 745 g/mol. The number of carbonyl (C=O) groups excluding carboxylic acids is 4. The Labute approximate surface area is 313 Å². The van der Waals surface area contributed by atoms with Crippen molar-refractivity contribution in [2.24, 2.45) is 0 Å². The van der Waals surface area contributed by atoms with Gasteiger partial charge in [-0.3, -0.25) is 9.59 Å². The molecule has 16 nitrogen and oxygen atoms in total. The number of hydrogen-bond donors (Lipinski definition) is 5. The first-order valence-electron chi connectivity index (χ1n) is 17.6. The van der Waals surface area contributed by atoms with Gasteiger partial charge in [0.15, 0.2) is 0 Å². The third-order valence-corrected chi connectivity index (χ3v) is 9.68. The van der Waals surface area contributed by atoms with Crippen molar-refractivity contribution in [2.75, 3.05) is 35.0 Å². The molecule has 4 amide bonds. The third-order valence-electron chi connectivity index (χ3n) is 9.68. The average Bonchev–Trinajstić information content (AvgIpc) is 4.00. The standard InChI is InChI=1S/C38H48N8O8/c1-21(41-35(47)31(22(2)51-4)44-37(49)53-6)33-39-19-28(42-33)26-14-10-24(11-15-26)25-12-16-27(17-13-25)29-20-40-34(43-29)30-9-8-18-46(30)36(48)32(23(3)52-5)45-38(50)54-7/h10-17,19-23,30-32H,8-9,18H2,1-7H3,(H,39,42)(H,40,43)(H,41,47)(H,44,49)(H,45,50)/t21-,22+,23-,30+,31-,32-/m1/s1. The van der Waals surface area contributed by atoms with Crippen LogP contribution in [-0.4, -0.2) is 108 Å². The number of methoxy groups -OCH3 is 4. The molecule has 288 valence electrons. The molecule has 3 heterocycles. The number of aromatic amines is 2. The van der Waals surface area contributed by atoms with Gasteiger partial charge in [-0.25, -0.2) is 19.6 Å². The first-order valence-corrected chi connectivity index (χ1v) is 17.6. The number of benzene rings is 2. The van der Waals surface area contributed by atoms with E-state index in [-0.39, 0.29) is 11.9 Å². The summed E-state index contributed by atoms with van der Waals surface area (Å²) in [6.07, 6.45) is 2.43. The Morgan fingerprint density at radius 1 is 0.704 bits per heavy atom. The normalized spacial score (nSPS) is 16.8. The molecule has 1 fully saturated rings. The molecule has 0 aliphatic carbocycles. The number of carbonyl (C=O) groups is 4. The molecular weight excluding hydrogens is 696 g/mol. The summed E-state index contributed by atoms with van der Waals surface area (Å²) in [5, 5.41) is 7.98. The van der Waals surface area contributed by atoms with E-state index in [1.165, 1.54) is 28.4 Å². The van der Waals surface area contributed by atoms with Crippen LogP contribution in [-0.2, 0) is 28.5 Å². The summed E-state index contributed by atoms with van der Waals surface area (Å²) in [7, 11) is 5.42. The van der Waals surface area contributed by atoms with Gasteiger partial charge >= 0.3 is 12.2 Å². The second kappa shape index (κ2) is 17.9. The number of rotatable bonds is 14. The second-order valence-corrected chi connectivity index (χ2v) is 13.0. The maximum Gasteiger partial charge on any atom is 0.407 e. The topological polar surface area (TPSA) is 202 Å². The van der Waals surface area contributed by atoms with Crippen LogP contribution in [0.4, 0.5) is 9.59 Å². The highest BCUT2D eigenvalue weighted by atomic mass is 16.5. The van der Waals surface area contributed by atoms with Gasteiger partial charge < -0.3 is 49.8 Å². The van der Waals surface area contributed by atoms with Gasteiger partial charge in [-0.05, 0) is 55.9 Å². The molecule has 0 spiro atoms. The van der Waals surface area contributed by atoms with Crippen molar-refractivity contribution in [3.63, 3.8) is 0 Å². The highest BCUT2D eigenvalue weighted by Gasteiger charge is 2.38. The van der Waals surface area contributed by atoms with Crippen LogP contribution in [0.3, 0.4) is 0 Å². The largest absolute Gasteiger partial charge is 0.453 e. The monoisotopic (exact) mass is 744 g/mol. The zero-order chi connectivity index (χ0) is 38.9. The number of hydrogen-bond acceptors (Lipinski definition) is 10. The Balaban J connectivity index is 1.22. The number of nitrogens with one attached hydrogen (secondary N) is 5. The summed E-state index contributed by atoms with van der Waals surface area (Å²) in [6, 6.07) is 13.5. The van der Waals surface area contributed by atoms with Gasteiger partial charge in [0.1, 0.15) is 23.7 Å². The van der Waals surface area contributed by atoms with E-state index in [1.54, 1.807) is 38.1 Å². The lowest BCUT2D eigenvalue weighted by Crippen LogP contribution is -2.54. The first kappa shape index (κ1) is 39.5. The lowest BCUT2D eigenvalue weighted by molar-refractivity contribution is -0.137. The Hall–Kier alpha value is -5.74. The van der Waals surface area contributed by atoms with Crippen LogP contribution < -0.4 is 16.0 Å². The Morgan fingerprint density at radius 2 is 1.20 bits per heavy atom. The minimum atomic E-state index is -0.957. The molecule has 4 aromatic rings. The number of aromatic nitrogens is 4. The molecule has 5 N–H and O–H groups in total. The van der Waals surface area contributed by atoms with Gasteiger partial charge in [-0.1, -0.05) is 48.5 Å². The van der Waals surface area contributed by atoms with Crippen LogP contribution in [0.15, 0.2) is 60.9 Å². The highest BCUT2D eigenvalue weighted by molar-refractivity contribution is 5.87. The fourth-order valence-corrected chi connectivity index (χ4v) is 6.33. The van der Waals surface area contributed by atoms with Crippen molar-refractivity contribution < 1.29 is 38.1 Å². The Morgan fingerprint density at radius 3 is 1.76 bits per heavy atom. The molecule has 5 rings (SSSR count). The summed E-state index contributed by atoms with van der Waals surface area (Å²) < 4.78 is 20.0. The van der Waals surface area contributed by atoms with E-state index in [2.05, 4.69) is 40.6 Å². The molecule has 0 radical (unpaired) electrons. The van der Waals surface area contributed by atoms with Crippen molar-refractivity contribution in [2.45, 2.75) is 70.0 Å².